The van der Waals surface area contributed by atoms with Crippen molar-refractivity contribution in [2.75, 3.05) is 32.8 Å². The number of hydrogen-bond donors (Lipinski definition) is 2. The third-order valence-corrected chi connectivity index (χ3v) is 8.25. The number of ketones is 1. The third-order valence-electron chi connectivity index (χ3n) is 8.25. The van der Waals surface area contributed by atoms with Crippen molar-refractivity contribution in [3.05, 3.63) is 30.1 Å². The molecule has 0 unspecified atom stereocenters. The van der Waals surface area contributed by atoms with Gasteiger partial charge in [-0.05, 0) is 56.6 Å². The number of carbonyl (C=O) groups is 4. The zero-order valence-corrected chi connectivity index (χ0v) is 22.6. The number of morpholine rings is 1. The van der Waals surface area contributed by atoms with Gasteiger partial charge in [0, 0.05) is 25.3 Å². The van der Waals surface area contributed by atoms with Crippen LogP contribution in [-0.4, -0.2) is 89.4 Å². The number of rotatable bonds is 6. The molecule has 3 aliphatic rings. The molecule has 1 aromatic heterocycles. The molecule has 1 saturated carbocycles. The number of Topliss-reactive ketones (excluding diaryl/α,β-unsaturated/α-hetero) is 1. The second-order valence-corrected chi connectivity index (χ2v) is 11.3. The highest BCUT2D eigenvalue weighted by Gasteiger charge is 2.38. The summed E-state index contributed by atoms with van der Waals surface area (Å²) in [5.74, 6) is -0.845. The van der Waals surface area contributed by atoms with Crippen LogP contribution in [0.2, 0.25) is 0 Å². The van der Waals surface area contributed by atoms with Gasteiger partial charge in [-0.25, -0.2) is 4.79 Å². The van der Waals surface area contributed by atoms with Crippen molar-refractivity contribution < 1.29 is 23.9 Å². The van der Waals surface area contributed by atoms with Crippen LogP contribution in [0, 0.1) is 5.41 Å². The monoisotopic (exact) mass is 527 g/mol. The van der Waals surface area contributed by atoms with Crippen LogP contribution in [0.5, 0.6) is 0 Å². The Kier molecular flexibility index (Phi) is 9.35. The third kappa shape index (κ3) is 7.09. The van der Waals surface area contributed by atoms with E-state index >= 15 is 0 Å². The molecule has 2 aliphatic heterocycles. The fourth-order valence-corrected chi connectivity index (χ4v) is 5.81. The minimum Gasteiger partial charge on any atom is -0.378 e. The van der Waals surface area contributed by atoms with Crippen molar-refractivity contribution in [3.8, 4) is 0 Å². The van der Waals surface area contributed by atoms with Crippen molar-refractivity contribution in [2.24, 2.45) is 5.41 Å². The molecule has 1 aliphatic carbocycles. The highest BCUT2D eigenvalue weighted by molar-refractivity contribution is 5.98. The predicted octanol–water partition coefficient (Wildman–Crippen LogP) is 2.53. The summed E-state index contributed by atoms with van der Waals surface area (Å²) in [7, 11) is 0. The van der Waals surface area contributed by atoms with Crippen LogP contribution in [0.15, 0.2) is 24.4 Å². The average Bonchev–Trinajstić information content (AvgIpc) is 3.07. The number of hydrogen-bond acceptors (Lipinski definition) is 6. The van der Waals surface area contributed by atoms with Crippen molar-refractivity contribution in [3.63, 3.8) is 0 Å². The second kappa shape index (κ2) is 12.7. The van der Waals surface area contributed by atoms with E-state index in [1.165, 1.54) is 11.3 Å². The van der Waals surface area contributed by atoms with Crippen molar-refractivity contribution in [2.45, 2.75) is 83.3 Å². The van der Waals surface area contributed by atoms with E-state index in [1.807, 2.05) is 6.92 Å². The van der Waals surface area contributed by atoms with Crippen LogP contribution >= 0.6 is 0 Å². The first-order valence-electron chi connectivity index (χ1n) is 13.9. The zero-order chi connectivity index (χ0) is 27.1. The lowest BCUT2D eigenvalue weighted by molar-refractivity contribution is -0.129. The van der Waals surface area contributed by atoms with E-state index in [4.69, 9.17) is 4.74 Å². The van der Waals surface area contributed by atoms with Gasteiger partial charge in [0.15, 0.2) is 5.78 Å². The highest BCUT2D eigenvalue weighted by Crippen LogP contribution is 2.39. The van der Waals surface area contributed by atoms with E-state index in [0.717, 1.165) is 25.7 Å². The molecule has 3 atom stereocenters. The first-order chi connectivity index (χ1) is 18.3. The van der Waals surface area contributed by atoms with Crippen LogP contribution in [-0.2, 0) is 14.3 Å². The van der Waals surface area contributed by atoms with Gasteiger partial charge in [0.1, 0.15) is 11.7 Å². The molecule has 0 aromatic carbocycles. The van der Waals surface area contributed by atoms with Gasteiger partial charge in [-0.15, -0.1) is 0 Å². The van der Waals surface area contributed by atoms with Crippen LogP contribution in [0.25, 0.3) is 0 Å². The minimum absolute atomic E-state index is 0.0492. The lowest BCUT2D eigenvalue weighted by Crippen LogP contribution is -2.57. The molecule has 4 amide bonds. The first-order valence-corrected chi connectivity index (χ1v) is 13.9. The molecular formula is C28H41N5O5. The van der Waals surface area contributed by atoms with Gasteiger partial charge in [-0.1, -0.05) is 32.3 Å². The maximum absolute atomic E-state index is 13.6. The van der Waals surface area contributed by atoms with Crippen molar-refractivity contribution >= 4 is 23.6 Å². The first kappa shape index (κ1) is 28.0. The van der Waals surface area contributed by atoms with Crippen LogP contribution < -0.4 is 10.6 Å². The number of amides is 4. The molecule has 4 rings (SSSR count). The van der Waals surface area contributed by atoms with Gasteiger partial charge in [-0.2, -0.15) is 0 Å². The Morgan fingerprint density at radius 2 is 1.87 bits per heavy atom. The summed E-state index contributed by atoms with van der Waals surface area (Å²) in [6, 6.07) is 3.21. The smallest absolute Gasteiger partial charge is 0.318 e. The Hall–Kier alpha value is -3.01. The lowest BCUT2D eigenvalue weighted by atomic mass is 9.71. The molecule has 10 heteroatoms. The Morgan fingerprint density at radius 3 is 2.55 bits per heavy atom. The summed E-state index contributed by atoms with van der Waals surface area (Å²) in [6.07, 6.45) is 8.51. The Bertz CT molecular complexity index is 991. The fraction of sp³-hybridized carbons (Fsp3) is 0.679. The van der Waals surface area contributed by atoms with E-state index in [-0.39, 0.29) is 41.6 Å². The predicted molar refractivity (Wildman–Crippen MR) is 141 cm³/mol. The highest BCUT2D eigenvalue weighted by atomic mass is 16.5. The minimum atomic E-state index is -0.742. The topological polar surface area (TPSA) is 121 Å². The van der Waals surface area contributed by atoms with Gasteiger partial charge < -0.3 is 25.2 Å². The van der Waals surface area contributed by atoms with Crippen LogP contribution in [0.3, 0.4) is 0 Å². The van der Waals surface area contributed by atoms with Gasteiger partial charge in [0.05, 0.1) is 25.8 Å². The zero-order valence-electron chi connectivity index (χ0n) is 22.6. The lowest BCUT2D eigenvalue weighted by Gasteiger charge is -2.37. The molecule has 3 fully saturated rings. The summed E-state index contributed by atoms with van der Waals surface area (Å²) < 4.78 is 5.36. The van der Waals surface area contributed by atoms with Crippen molar-refractivity contribution in [1.82, 2.24) is 25.4 Å². The fourth-order valence-electron chi connectivity index (χ4n) is 5.81. The number of aromatic nitrogens is 1. The maximum Gasteiger partial charge on any atom is 0.318 e. The number of carbonyl (C=O) groups excluding carboxylic acids is 4. The molecule has 38 heavy (non-hydrogen) atoms. The number of likely N-dealkylation sites (tertiary alicyclic amines) is 1. The quantitative estimate of drug-likeness (QED) is 0.587. The van der Waals surface area contributed by atoms with Gasteiger partial charge in [-0.3, -0.25) is 19.4 Å². The summed E-state index contributed by atoms with van der Waals surface area (Å²) in [5.41, 5.74) is 0.244. The molecule has 0 bridgehead atoms. The summed E-state index contributed by atoms with van der Waals surface area (Å²) in [5, 5.41) is 5.92. The maximum atomic E-state index is 13.6. The molecular weight excluding hydrogens is 486 g/mol. The Labute approximate surface area is 224 Å². The molecule has 0 spiro atoms. The number of ether oxygens (including phenoxy) is 1. The molecule has 208 valence electrons. The number of nitrogens with zero attached hydrogens (tertiary/aromatic N) is 3. The molecule has 0 radical (unpaired) electrons. The van der Waals surface area contributed by atoms with Crippen LogP contribution in [0.1, 0.15) is 75.7 Å². The average molecular weight is 528 g/mol. The summed E-state index contributed by atoms with van der Waals surface area (Å²) in [4.78, 5) is 60.3. The van der Waals surface area contributed by atoms with Crippen molar-refractivity contribution in [1.29, 1.82) is 0 Å². The van der Waals surface area contributed by atoms with Crippen LogP contribution in [0.4, 0.5) is 4.79 Å². The largest absolute Gasteiger partial charge is 0.378 e. The summed E-state index contributed by atoms with van der Waals surface area (Å²) >= 11 is 0. The van der Waals surface area contributed by atoms with E-state index in [1.54, 1.807) is 29.3 Å². The Balaban J connectivity index is 1.44. The van der Waals surface area contributed by atoms with E-state index < -0.39 is 12.1 Å². The van der Waals surface area contributed by atoms with E-state index in [2.05, 4.69) is 22.5 Å². The SMILES string of the molecule is C[C@@H]1CC[C@H](NC(=O)[C@H](CC2(C)CCCCC2)NC(=O)N2CCOCC2)C(=O)CN1C(=O)c1ccccn1. The standard InChI is InChI=1S/C28H41N5O5/c1-20-9-10-21(24(34)19-33(20)26(36)22-8-4-7-13-29-22)30-25(35)23(18-28(2)11-5-3-6-12-28)31-27(37)32-14-16-38-17-15-32/h4,7-8,13,20-21,23H,3,5-6,9-12,14-19H2,1-2H3,(H,30,35)(H,31,37)/t20-,21+,23+/m1/s1. The number of urea groups is 1. The molecule has 2 saturated heterocycles. The van der Waals surface area contributed by atoms with E-state index in [9.17, 15) is 19.2 Å². The second-order valence-electron chi connectivity index (χ2n) is 11.3. The summed E-state index contributed by atoms with van der Waals surface area (Å²) in [6.45, 7) is 5.92. The van der Waals surface area contributed by atoms with Gasteiger partial charge in [0.25, 0.3) is 5.91 Å². The van der Waals surface area contributed by atoms with Gasteiger partial charge >= 0.3 is 6.03 Å². The number of nitrogens with one attached hydrogen (secondary N) is 2. The molecule has 10 nitrogen and oxygen atoms in total. The van der Waals surface area contributed by atoms with Gasteiger partial charge in [0.2, 0.25) is 5.91 Å². The normalized spacial score (nSPS) is 24.7. The van der Waals surface area contributed by atoms with E-state index in [0.29, 0.717) is 51.3 Å². The Morgan fingerprint density at radius 1 is 1.13 bits per heavy atom. The number of pyridine rings is 1. The molecule has 3 heterocycles. The molecule has 2 N–H and O–H groups in total. The molecule has 1 aromatic rings.